The average Bonchev–Trinajstić information content (AvgIpc) is 2.54. The molecular formula is C18H22N2O4S. The van der Waals surface area contributed by atoms with Gasteiger partial charge in [-0.05, 0) is 49.2 Å². The normalized spacial score (nSPS) is 12.4. The summed E-state index contributed by atoms with van der Waals surface area (Å²) in [5.41, 5.74) is 1.89. The molecule has 1 atom stereocenters. The summed E-state index contributed by atoms with van der Waals surface area (Å²) < 4.78 is 28.0. The Morgan fingerprint density at radius 2 is 1.88 bits per heavy atom. The van der Waals surface area contributed by atoms with Crippen LogP contribution in [0.4, 0.5) is 0 Å². The van der Waals surface area contributed by atoms with Crippen molar-refractivity contribution in [3.05, 3.63) is 59.7 Å². The molecule has 6 nitrogen and oxygen atoms in total. The second-order valence-electron chi connectivity index (χ2n) is 5.82. The minimum absolute atomic E-state index is 0.0429. The van der Waals surface area contributed by atoms with Gasteiger partial charge < -0.3 is 10.1 Å². The van der Waals surface area contributed by atoms with Gasteiger partial charge in [-0.2, -0.15) is 0 Å². The van der Waals surface area contributed by atoms with Gasteiger partial charge in [0.05, 0.1) is 24.0 Å². The zero-order valence-corrected chi connectivity index (χ0v) is 15.0. The van der Waals surface area contributed by atoms with Crippen LogP contribution in [0.3, 0.4) is 0 Å². The molecule has 134 valence electrons. The second-order valence-corrected chi connectivity index (χ2v) is 7.38. The fourth-order valence-corrected chi connectivity index (χ4v) is 2.83. The van der Waals surface area contributed by atoms with Gasteiger partial charge in [-0.3, -0.25) is 4.79 Å². The fraction of sp³-hybridized carbons (Fsp3) is 0.278. The number of hydrogen-bond acceptors (Lipinski definition) is 4. The molecule has 0 aliphatic heterocycles. The first kappa shape index (κ1) is 19.0. The zero-order valence-electron chi connectivity index (χ0n) is 14.2. The highest BCUT2D eigenvalue weighted by molar-refractivity contribution is 7.89. The number of primary sulfonamides is 1. The van der Waals surface area contributed by atoms with Crippen LogP contribution in [0.1, 0.15) is 30.5 Å². The van der Waals surface area contributed by atoms with Crippen molar-refractivity contribution in [3.63, 3.8) is 0 Å². The maximum absolute atomic E-state index is 12.0. The minimum atomic E-state index is -3.71. The molecule has 0 aliphatic carbocycles. The topological polar surface area (TPSA) is 98.5 Å². The third-order valence-electron chi connectivity index (χ3n) is 3.67. The molecule has 1 amide bonds. The van der Waals surface area contributed by atoms with Crippen LogP contribution in [0.5, 0.6) is 5.75 Å². The van der Waals surface area contributed by atoms with E-state index < -0.39 is 10.0 Å². The lowest BCUT2D eigenvalue weighted by Crippen LogP contribution is -2.27. The maximum Gasteiger partial charge on any atom is 0.238 e. The van der Waals surface area contributed by atoms with Gasteiger partial charge in [0.25, 0.3) is 0 Å². The summed E-state index contributed by atoms with van der Waals surface area (Å²) >= 11 is 0. The number of ether oxygens (including phenoxy) is 1. The van der Waals surface area contributed by atoms with E-state index in [4.69, 9.17) is 9.88 Å². The van der Waals surface area contributed by atoms with Gasteiger partial charge in [-0.1, -0.05) is 24.3 Å². The van der Waals surface area contributed by atoms with Crippen LogP contribution in [0.25, 0.3) is 0 Å². The van der Waals surface area contributed by atoms with E-state index >= 15 is 0 Å². The number of benzene rings is 2. The quantitative estimate of drug-likeness (QED) is 0.789. The van der Waals surface area contributed by atoms with Crippen molar-refractivity contribution in [2.75, 3.05) is 6.61 Å². The monoisotopic (exact) mass is 362 g/mol. The first-order valence-electron chi connectivity index (χ1n) is 7.87. The third-order valence-corrected chi connectivity index (χ3v) is 4.60. The molecular weight excluding hydrogens is 340 g/mol. The van der Waals surface area contributed by atoms with E-state index in [9.17, 15) is 13.2 Å². The van der Waals surface area contributed by atoms with E-state index in [1.54, 1.807) is 12.1 Å². The molecule has 25 heavy (non-hydrogen) atoms. The van der Waals surface area contributed by atoms with Crippen molar-refractivity contribution < 1.29 is 17.9 Å². The van der Waals surface area contributed by atoms with E-state index in [2.05, 4.69) is 5.32 Å². The predicted molar refractivity (Wildman–Crippen MR) is 95.7 cm³/mol. The Morgan fingerprint density at radius 1 is 1.20 bits per heavy atom. The van der Waals surface area contributed by atoms with E-state index in [0.29, 0.717) is 0 Å². The van der Waals surface area contributed by atoms with Gasteiger partial charge in [-0.15, -0.1) is 0 Å². The van der Waals surface area contributed by atoms with E-state index in [0.717, 1.165) is 16.9 Å². The highest BCUT2D eigenvalue weighted by atomic mass is 32.2. The molecule has 0 spiro atoms. The van der Waals surface area contributed by atoms with Gasteiger partial charge in [0.1, 0.15) is 5.75 Å². The van der Waals surface area contributed by atoms with Crippen LogP contribution in [-0.2, 0) is 14.8 Å². The third kappa shape index (κ3) is 5.88. The van der Waals surface area contributed by atoms with Crippen molar-refractivity contribution in [3.8, 4) is 5.75 Å². The van der Waals surface area contributed by atoms with Crippen LogP contribution in [0.2, 0.25) is 0 Å². The smallest absolute Gasteiger partial charge is 0.238 e. The molecule has 0 aromatic heterocycles. The summed E-state index contributed by atoms with van der Waals surface area (Å²) in [5.74, 6) is 0.593. The van der Waals surface area contributed by atoms with Gasteiger partial charge >= 0.3 is 0 Å². The summed E-state index contributed by atoms with van der Waals surface area (Å²) in [5, 5.41) is 7.92. The lowest BCUT2D eigenvalue weighted by atomic mass is 10.1. The number of aryl methyl sites for hydroxylation is 1. The van der Waals surface area contributed by atoms with Gasteiger partial charge in [0.15, 0.2) is 0 Å². The summed E-state index contributed by atoms with van der Waals surface area (Å²) in [7, 11) is -3.71. The molecule has 2 rings (SSSR count). The molecule has 2 aromatic rings. The number of carbonyl (C=O) groups is 1. The SMILES string of the molecule is Cc1cccc(OCCC(=O)NC(C)c2ccc(S(N)(=O)=O)cc2)c1. The molecule has 0 saturated carbocycles. The second kappa shape index (κ2) is 8.13. The zero-order chi connectivity index (χ0) is 18.4. The Balaban J connectivity index is 1.83. The summed E-state index contributed by atoms with van der Waals surface area (Å²) in [4.78, 5) is 12.0. The van der Waals surface area contributed by atoms with Crippen LogP contribution in [0, 0.1) is 6.92 Å². The minimum Gasteiger partial charge on any atom is -0.493 e. The fourth-order valence-electron chi connectivity index (χ4n) is 2.31. The van der Waals surface area contributed by atoms with Crippen molar-refractivity contribution in [2.45, 2.75) is 31.2 Å². The standard InChI is InChI=1S/C18H22N2O4S/c1-13-4-3-5-16(12-13)24-11-10-18(21)20-14(2)15-6-8-17(9-7-15)25(19,22)23/h3-9,12,14H,10-11H2,1-2H3,(H,20,21)(H2,19,22,23). The molecule has 0 bridgehead atoms. The van der Waals surface area contributed by atoms with Crippen LogP contribution >= 0.6 is 0 Å². The molecule has 0 saturated heterocycles. The Labute approximate surface area is 148 Å². The Hall–Kier alpha value is -2.38. The number of sulfonamides is 1. The highest BCUT2D eigenvalue weighted by Gasteiger charge is 2.12. The van der Waals surface area contributed by atoms with Crippen molar-refractivity contribution in [1.82, 2.24) is 5.32 Å². The molecule has 0 radical (unpaired) electrons. The molecule has 0 fully saturated rings. The molecule has 0 heterocycles. The molecule has 0 aliphatic rings. The summed E-state index contributed by atoms with van der Waals surface area (Å²) in [6, 6.07) is 13.5. The molecule has 7 heteroatoms. The van der Waals surface area contributed by atoms with E-state index in [1.807, 2.05) is 38.1 Å². The molecule has 3 N–H and O–H groups in total. The molecule has 2 aromatic carbocycles. The van der Waals surface area contributed by atoms with Crippen molar-refractivity contribution in [1.29, 1.82) is 0 Å². The summed E-state index contributed by atoms with van der Waals surface area (Å²) in [6.07, 6.45) is 0.230. The number of hydrogen-bond donors (Lipinski definition) is 2. The number of nitrogens with one attached hydrogen (secondary N) is 1. The first-order chi connectivity index (χ1) is 11.8. The van der Waals surface area contributed by atoms with Crippen LogP contribution in [0.15, 0.2) is 53.4 Å². The van der Waals surface area contributed by atoms with Crippen molar-refractivity contribution >= 4 is 15.9 Å². The van der Waals surface area contributed by atoms with Gasteiger partial charge in [-0.25, -0.2) is 13.6 Å². The predicted octanol–water partition coefficient (Wildman–Crippen LogP) is 2.29. The van der Waals surface area contributed by atoms with Crippen LogP contribution < -0.4 is 15.2 Å². The van der Waals surface area contributed by atoms with E-state index in [-0.39, 0.29) is 29.9 Å². The maximum atomic E-state index is 12.0. The molecule has 1 unspecified atom stereocenters. The number of carbonyl (C=O) groups excluding carboxylic acids is 1. The van der Waals surface area contributed by atoms with Crippen molar-refractivity contribution in [2.24, 2.45) is 5.14 Å². The lowest BCUT2D eigenvalue weighted by molar-refractivity contribution is -0.122. The lowest BCUT2D eigenvalue weighted by Gasteiger charge is -2.15. The van der Waals surface area contributed by atoms with Gasteiger partial charge in [0, 0.05) is 0 Å². The number of rotatable bonds is 7. The largest absolute Gasteiger partial charge is 0.493 e. The van der Waals surface area contributed by atoms with E-state index in [1.165, 1.54) is 12.1 Å². The van der Waals surface area contributed by atoms with Gasteiger partial charge in [0.2, 0.25) is 15.9 Å². The Kier molecular flexibility index (Phi) is 6.17. The number of nitrogens with two attached hydrogens (primary N) is 1. The Morgan fingerprint density at radius 3 is 2.48 bits per heavy atom. The number of amides is 1. The highest BCUT2D eigenvalue weighted by Crippen LogP contribution is 2.16. The van der Waals surface area contributed by atoms with Crippen LogP contribution in [-0.4, -0.2) is 20.9 Å². The average molecular weight is 362 g/mol. The first-order valence-corrected chi connectivity index (χ1v) is 9.42. The Bertz CT molecular complexity index is 832. The summed E-state index contributed by atoms with van der Waals surface area (Å²) in [6.45, 7) is 4.08.